The molecular weight excluding hydrogens is 394 g/mol. The number of nitrogens with one attached hydrogen (secondary N) is 3. The highest BCUT2D eigenvalue weighted by Crippen LogP contribution is 2.32. The van der Waals surface area contributed by atoms with Gasteiger partial charge in [-0.05, 0) is 61.4 Å². The Kier molecular flexibility index (Phi) is 5.25. The molecule has 0 unspecified atom stereocenters. The molecule has 0 saturated heterocycles. The van der Waals surface area contributed by atoms with E-state index in [1.54, 1.807) is 23.5 Å². The number of hydrogen-bond donors (Lipinski definition) is 3. The average molecular weight is 419 g/mol. The molecule has 0 spiro atoms. The number of amidine groups is 1. The standard InChI is InChI=1S/C20H23N3O3S2/c1-13-7-8-17-14(10-13)11-18(27-17)20(24)22-15-4-2-5-16(12-15)28(25,26)23-19-6-3-9-21-19/h2,4-5,11-13H,3,6-10H2,1H3,(H,21,23)(H,22,24)/p+1/t13-/m1/s1. The number of aryl methyl sites for hydroxylation is 1. The molecule has 4 rings (SSSR count). The molecule has 8 heteroatoms. The second-order valence-corrected chi connectivity index (χ2v) is 10.3. The fraction of sp³-hybridized carbons (Fsp3) is 0.400. The van der Waals surface area contributed by atoms with Crippen molar-refractivity contribution >= 4 is 38.8 Å². The Balaban J connectivity index is 1.49. The molecule has 0 fully saturated rings. The first kappa shape index (κ1) is 19.1. The van der Waals surface area contributed by atoms with E-state index >= 15 is 0 Å². The first-order valence-electron chi connectivity index (χ1n) is 9.56. The molecule has 2 aromatic rings. The van der Waals surface area contributed by atoms with Gasteiger partial charge >= 0.3 is 10.0 Å². The number of fused-ring (bicyclic) bond motifs is 1. The van der Waals surface area contributed by atoms with Crippen molar-refractivity contribution in [1.82, 2.24) is 4.72 Å². The molecule has 0 saturated carbocycles. The summed E-state index contributed by atoms with van der Waals surface area (Å²) in [6.45, 7) is 3.01. The minimum Gasteiger partial charge on any atom is -0.321 e. The third kappa shape index (κ3) is 4.12. The molecule has 1 aliphatic carbocycles. The van der Waals surface area contributed by atoms with E-state index in [1.165, 1.54) is 22.6 Å². The summed E-state index contributed by atoms with van der Waals surface area (Å²) in [5.41, 5.74) is 1.74. The second kappa shape index (κ2) is 7.67. The van der Waals surface area contributed by atoms with Crippen molar-refractivity contribution < 1.29 is 18.2 Å². The van der Waals surface area contributed by atoms with Gasteiger partial charge in [-0.2, -0.15) is 13.1 Å². The predicted molar refractivity (Wildman–Crippen MR) is 110 cm³/mol. The Morgan fingerprint density at radius 3 is 2.89 bits per heavy atom. The van der Waals surface area contributed by atoms with E-state index in [0.717, 1.165) is 32.2 Å². The lowest BCUT2D eigenvalue weighted by molar-refractivity contribution is -0.448. The number of anilines is 1. The van der Waals surface area contributed by atoms with Crippen molar-refractivity contribution in [2.45, 2.75) is 43.9 Å². The van der Waals surface area contributed by atoms with E-state index in [9.17, 15) is 13.2 Å². The van der Waals surface area contributed by atoms with Crippen LogP contribution in [0.15, 0.2) is 35.2 Å². The highest BCUT2D eigenvalue weighted by atomic mass is 32.2. The van der Waals surface area contributed by atoms with Crippen LogP contribution in [0, 0.1) is 5.92 Å². The Labute approximate surface area is 169 Å². The van der Waals surface area contributed by atoms with E-state index < -0.39 is 10.0 Å². The van der Waals surface area contributed by atoms with Crippen molar-refractivity contribution in [3.63, 3.8) is 0 Å². The maximum Gasteiger partial charge on any atom is 0.328 e. The molecular formula is C20H24N3O3S2+. The smallest absolute Gasteiger partial charge is 0.321 e. The van der Waals surface area contributed by atoms with Crippen LogP contribution < -0.4 is 15.0 Å². The molecule has 1 amide bonds. The first-order chi connectivity index (χ1) is 13.4. The van der Waals surface area contributed by atoms with Gasteiger partial charge in [0.05, 0.1) is 17.8 Å². The minimum atomic E-state index is -3.67. The Bertz CT molecular complexity index is 1040. The number of carbonyl (C=O) groups excluding carboxylic acids is 1. The van der Waals surface area contributed by atoms with Crippen LogP contribution in [0.4, 0.5) is 5.69 Å². The van der Waals surface area contributed by atoms with E-state index in [0.29, 0.717) is 28.7 Å². The van der Waals surface area contributed by atoms with Crippen molar-refractivity contribution in [3.8, 4) is 0 Å². The van der Waals surface area contributed by atoms with Crippen LogP contribution in [-0.4, -0.2) is 26.7 Å². The summed E-state index contributed by atoms with van der Waals surface area (Å²) in [6, 6.07) is 8.34. The fourth-order valence-electron chi connectivity index (χ4n) is 3.65. The molecule has 1 aromatic carbocycles. The molecule has 28 heavy (non-hydrogen) atoms. The first-order valence-corrected chi connectivity index (χ1v) is 11.9. The number of amides is 1. The summed E-state index contributed by atoms with van der Waals surface area (Å²) >= 11 is 1.54. The van der Waals surface area contributed by atoms with Gasteiger partial charge in [-0.3, -0.25) is 9.79 Å². The highest BCUT2D eigenvalue weighted by molar-refractivity contribution is 7.90. The lowest BCUT2D eigenvalue weighted by Crippen LogP contribution is -2.72. The number of rotatable bonds is 4. The van der Waals surface area contributed by atoms with E-state index in [2.05, 4.69) is 22.0 Å². The lowest BCUT2D eigenvalue weighted by atomic mass is 9.90. The monoisotopic (exact) mass is 418 g/mol. The van der Waals surface area contributed by atoms with E-state index in [-0.39, 0.29) is 10.8 Å². The Morgan fingerprint density at radius 2 is 2.11 bits per heavy atom. The van der Waals surface area contributed by atoms with Crippen molar-refractivity contribution in [3.05, 3.63) is 45.6 Å². The molecule has 1 atom stereocenters. The van der Waals surface area contributed by atoms with Crippen LogP contribution in [0.2, 0.25) is 0 Å². The molecule has 148 valence electrons. The SMILES string of the molecule is C[C@@H]1CCc2sc(C(=O)Nc3cccc(S(=O)(=O)NC4=[NH+]CCC4)c3)cc2C1. The zero-order chi connectivity index (χ0) is 19.7. The number of carbonyl (C=O) groups is 1. The van der Waals surface area contributed by atoms with Crippen LogP contribution in [-0.2, 0) is 22.9 Å². The number of hydrogen-bond acceptors (Lipinski definition) is 4. The molecule has 1 aliphatic heterocycles. The van der Waals surface area contributed by atoms with Gasteiger partial charge in [0, 0.05) is 10.6 Å². The molecule has 0 bridgehead atoms. The van der Waals surface area contributed by atoms with Gasteiger partial charge < -0.3 is 5.32 Å². The van der Waals surface area contributed by atoms with Gasteiger partial charge in [0.25, 0.3) is 11.7 Å². The fourth-order valence-corrected chi connectivity index (χ4v) is 5.91. The minimum absolute atomic E-state index is 0.130. The lowest BCUT2D eigenvalue weighted by Gasteiger charge is -2.16. The van der Waals surface area contributed by atoms with Gasteiger partial charge in [-0.1, -0.05) is 13.0 Å². The van der Waals surface area contributed by atoms with Crippen LogP contribution in [0.25, 0.3) is 0 Å². The second-order valence-electron chi connectivity index (χ2n) is 7.50. The largest absolute Gasteiger partial charge is 0.328 e. The predicted octanol–water partition coefficient (Wildman–Crippen LogP) is 1.68. The molecule has 1 aromatic heterocycles. The summed E-state index contributed by atoms with van der Waals surface area (Å²) in [4.78, 5) is 17.8. The quantitative estimate of drug-likeness (QED) is 0.706. The summed E-state index contributed by atoms with van der Waals surface area (Å²) < 4.78 is 27.7. The van der Waals surface area contributed by atoms with Crippen molar-refractivity contribution in [1.29, 1.82) is 0 Å². The topological polar surface area (TPSA) is 89.2 Å². The summed E-state index contributed by atoms with van der Waals surface area (Å²) in [5.74, 6) is 1.08. The van der Waals surface area contributed by atoms with Gasteiger partial charge in [-0.25, -0.2) is 0 Å². The van der Waals surface area contributed by atoms with Crippen LogP contribution in [0.3, 0.4) is 0 Å². The Morgan fingerprint density at radius 1 is 1.25 bits per heavy atom. The van der Waals surface area contributed by atoms with Gasteiger partial charge in [0.1, 0.15) is 4.90 Å². The van der Waals surface area contributed by atoms with Crippen LogP contribution >= 0.6 is 11.3 Å². The van der Waals surface area contributed by atoms with E-state index in [1.807, 2.05) is 6.07 Å². The molecule has 6 nitrogen and oxygen atoms in total. The van der Waals surface area contributed by atoms with E-state index in [4.69, 9.17) is 0 Å². The zero-order valence-electron chi connectivity index (χ0n) is 15.7. The number of sulfonamides is 1. The molecule has 0 radical (unpaired) electrons. The molecule has 2 heterocycles. The van der Waals surface area contributed by atoms with Crippen molar-refractivity contribution in [2.24, 2.45) is 5.92 Å². The third-order valence-electron chi connectivity index (χ3n) is 5.15. The van der Waals surface area contributed by atoms with Crippen LogP contribution in [0.5, 0.6) is 0 Å². The highest BCUT2D eigenvalue weighted by Gasteiger charge is 2.25. The normalized spacial score (nSPS) is 19.0. The summed E-state index contributed by atoms with van der Waals surface area (Å²) in [6.07, 6.45) is 4.82. The summed E-state index contributed by atoms with van der Waals surface area (Å²) in [7, 11) is -3.67. The average Bonchev–Trinajstić information content (AvgIpc) is 3.30. The van der Waals surface area contributed by atoms with Gasteiger partial charge in [0.15, 0.2) is 0 Å². The maximum absolute atomic E-state index is 12.7. The molecule has 2 aliphatic rings. The third-order valence-corrected chi connectivity index (χ3v) is 7.78. The molecule has 3 N–H and O–H groups in total. The zero-order valence-corrected chi connectivity index (χ0v) is 17.4. The number of thiophene rings is 1. The number of benzene rings is 1. The Hall–Kier alpha value is -2.19. The van der Waals surface area contributed by atoms with Crippen molar-refractivity contribution in [2.75, 3.05) is 11.9 Å². The van der Waals surface area contributed by atoms with Gasteiger partial charge in [-0.15, -0.1) is 11.3 Å². The van der Waals surface area contributed by atoms with Crippen LogP contribution in [0.1, 0.15) is 46.3 Å². The summed E-state index contributed by atoms with van der Waals surface area (Å²) in [5, 5.41) is 2.84. The maximum atomic E-state index is 12.7. The van der Waals surface area contributed by atoms with Gasteiger partial charge in [0.2, 0.25) is 0 Å².